The third kappa shape index (κ3) is 1.60. The van der Waals surface area contributed by atoms with Gasteiger partial charge in [0.1, 0.15) is 0 Å². The molecule has 0 bridgehead atoms. The summed E-state index contributed by atoms with van der Waals surface area (Å²) in [7, 11) is 0. The smallest absolute Gasteiger partial charge is 0.0283 e. The fraction of sp³-hybridized carbons (Fsp3) is 0.158. The Labute approximate surface area is 115 Å². The van der Waals surface area contributed by atoms with E-state index in [9.17, 15) is 0 Å². The summed E-state index contributed by atoms with van der Waals surface area (Å²) in [6.45, 7) is 7.93. The lowest BCUT2D eigenvalue weighted by Gasteiger charge is -2.30. The highest BCUT2D eigenvalue weighted by molar-refractivity contribution is 5.81. The van der Waals surface area contributed by atoms with E-state index in [1.807, 2.05) is 12.2 Å². The fourth-order valence-corrected chi connectivity index (χ4v) is 3.43. The first-order valence-corrected chi connectivity index (χ1v) is 6.74. The van der Waals surface area contributed by atoms with Crippen molar-refractivity contribution in [3.05, 3.63) is 85.0 Å². The minimum atomic E-state index is 0.0245. The van der Waals surface area contributed by atoms with Crippen molar-refractivity contribution in [3.8, 4) is 11.1 Å². The molecule has 0 nitrogen and oxygen atoms in total. The highest BCUT2D eigenvalue weighted by Gasteiger charge is 2.40. The molecular weight excluding hydrogens is 228 g/mol. The van der Waals surface area contributed by atoms with Crippen molar-refractivity contribution in [2.45, 2.75) is 18.3 Å². The SMILES string of the molecule is C=CCC1(CC=C)c2ccccc2-c2ccccc21. The molecule has 0 unspecified atom stereocenters. The number of benzene rings is 2. The maximum Gasteiger partial charge on any atom is 0.0283 e. The van der Waals surface area contributed by atoms with Crippen LogP contribution in [-0.4, -0.2) is 0 Å². The molecule has 1 aliphatic carbocycles. The van der Waals surface area contributed by atoms with Crippen LogP contribution in [-0.2, 0) is 5.41 Å². The van der Waals surface area contributed by atoms with E-state index in [2.05, 4.69) is 61.7 Å². The van der Waals surface area contributed by atoms with Crippen LogP contribution < -0.4 is 0 Å². The zero-order chi connectivity index (χ0) is 13.3. The molecule has 0 heterocycles. The van der Waals surface area contributed by atoms with E-state index < -0.39 is 0 Å². The second kappa shape index (κ2) is 4.55. The minimum absolute atomic E-state index is 0.0245. The van der Waals surface area contributed by atoms with Gasteiger partial charge in [0, 0.05) is 5.41 Å². The first-order chi connectivity index (χ1) is 9.33. The van der Waals surface area contributed by atoms with Gasteiger partial charge < -0.3 is 0 Å². The Bertz CT molecular complexity index is 576. The van der Waals surface area contributed by atoms with Crippen LogP contribution >= 0.6 is 0 Å². The minimum Gasteiger partial charge on any atom is -0.103 e. The highest BCUT2D eigenvalue weighted by atomic mass is 14.4. The Hall–Kier alpha value is -2.08. The third-order valence-electron chi connectivity index (χ3n) is 4.16. The Morgan fingerprint density at radius 2 is 1.16 bits per heavy atom. The van der Waals surface area contributed by atoms with Gasteiger partial charge in [-0.05, 0) is 35.1 Å². The molecule has 94 valence electrons. The lowest BCUT2D eigenvalue weighted by atomic mass is 9.73. The number of hydrogen-bond acceptors (Lipinski definition) is 0. The summed E-state index contributed by atoms with van der Waals surface area (Å²) >= 11 is 0. The highest BCUT2D eigenvalue weighted by Crippen LogP contribution is 2.52. The quantitative estimate of drug-likeness (QED) is 0.658. The molecule has 19 heavy (non-hydrogen) atoms. The van der Waals surface area contributed by atoms with Gasteiger partial charge in [-0.1, -0.05) is 60.7 Å². The Morgan fingerprint density at radius 1 is 0.737 bits per heavy atom. The van der Waals surface area contributed by atoms with E-state index in [4.69, 9.17) is 0 Å². The summed E-state index contributed by atoms with van der Waals surface area (Å²) in [6, 6.07) is 17.5. The van der Waals surface area contributed by atoms with Crippen LogP contribution in [0.2, 0.25) is 0 Å². The maximum absolute atomic E-state index is 3.96. The molecule has 0 amide bonds. The van der Waals surface area contributed by atoms with Crippen molar-refractivity contribution < 1.29 is 0 Å². The number of hydrogen-bond donors (Lipinski definition) is 0. The van der Waals surface area contributed by atoms with Gasteiger partial charge in [-0.15, -0.1) is 13.2 Å². The predicted molar refractivity (Wildman–Crippen MR) is 82.3 cm³/mol. The summed E-state index contributed by atoms with van der Waals surface area (Å²) in [4.78, 5) is 0. The molecule has 0 heteroatoms. The third-order valence-corrected chi connectivity index (χ3v) is 4.16. The van der Waals surface area contributed by atoms with Crippen molar-refractivity contribution in [1.29, 1.82) is 0 Å². The van der Waals surface area contributed by atoms with E-state index >= 15 is 0 Å². The molecule has 1 aliphatic rings. The molecule has 0 atom stereocenters. The molecule has 0 saturated carbocycles. The van der Waals surface area contributed by atoms with Crippen LogP contribution in [0.5, 0.6) is 0 Å². The Balaban J connectivity index is 2.34. The van der Waals surface area contributed by atoms with Gasteiger partial charge >= 0.3 is 0 Å². The van der Waals surface area contributed by atoms with Crippen molar-refractivity contribution in [2.24, 2.45) is 0 Å². The van der Waals surface area contributed by atoms with Crippen LogP contribution in [0.1, 0.15) is 24.0 Å². The van der Waals surface area contributed by atoms with Crippen molar-refractivity contribution in [3.63, 3.8) is 0 Å². The number of allylic oxidation sites excluding steroid dienone is 2. The van der Waals surface area contributed by atoms with Gasteiger partial charge in [0.25, 0.3) is 0 Å². The summed E-state index contributed by atoms with van der Waals surface area (Å²) in [6.07, 6.45) is 5.96. The molecule has 0 radical (unpaired) electrons. The maximum atomic E-state index is 3.96. The number of fused-ring (bicyclic) bond motifs is 3. The molecule has 0 saturated heterocycles. The molecule has 0 N–H and O–H groups in total. The predicted octanol–water partition coefficient (Wildman–Crippen LogP) is 5.11. The van der Waals surface area contributed by atoms with E-state index in [0.717, 1.165) is 12.8 Å². The van der Waals surface area contributed by atoms with Crippen molar-refractivity contribution >= 4 is 0 Å². The topological polar surface area (TPSA) is 0 Å². The van der Waals surface area contributed by atoms with Crippen LogP contribution in [0.3, 0.4) is 0 Å². The summed E-state index contributed by atoms with van der Waals surface area (Å²) in [5, 5.41) is 0. The lowest BCUT2D eigenvalue weighted by molar-refractivity contribution is 0.543. The van der Waals surface area contributed by atoms with Gasteiger partial charge in [0.05, 0.1) is 0 Å². The first kappa shape index (κ1) is 12.0. The summed E-state index contributed by atoms with van der Waals surface area (Å²) in [5.74, 6) is 0. The van der Waals surface area contributed by atoms with E-state index in [-0.39, 0.29) is 5.41 Å². The second-order valence-electron chi connectivity index (χ2n) is 5.16. The summed E-state index contributed by atoms with van der Waals surface area (Å²) in [5.41, 5.74) is 5.58. The van der Waals surface area contributed by atoms with Crippen LogP contribution in [0.4, 0.5) is 0 Å². The van der Waals surface area contributed by atoms with Crippen LogP contribution in [0, 0.1) is 0 Å². The Kier molecular flexibility index (Phi) is 2.87. The van der Waals surface area contributed by atoms with Gasteiger partial charge in [0.15, 0.2) is 0 Å². The normalized spacial score (nSPS) is 14.5. The molecule has 0 aliphatic heterocycles. The average Bonchev–Trinajstić information content (AvgIpc) is 2.72. The van der Waals surface area contributed by atoms with Gasteiger partial charge in [-0.3, -0.25) is 0 Å². The van der Waals surface area contributed by atoms with Gasteiger partial charge in [0.2, 0.25) is 0 Å². The van der Waals surface area contributed by atoms with Crippen molar-refractivity contribution in [2.75, 3.05) is 0 Å². The van der Waals surface area contributed by atoms with E-state index in [1.54, 1.807) is 0 Å². The molecule has 0 fully saturated rings. The van der Waals surface area contributed by atoms with E-state index in [0.29, 0.717) is 0 Å². The molecule has 3 rings (SSSR count). The molecule has 0 aromatic heterocycles. The standard InChI is InChI=1S/C19H18/c1-3-13-19(14-4-2)17-11-7-5-9-15(17)16-10-6-8-12-18(16)19/h3-12H,1-2,13-14H2. The number of rotatable bonds is 4. The molecule has 2 aromatic carbocycles. The summed E-state index contributed by atoms with van der Waals surface area (Å²) < 4.78 is 0. The molecule has 0 spiro atoms. The fourth-order valence-electron chi connectivity index (χ4n) is 3.43. The second-order valence-corrected chi connectivity index (χ2v) is 5.16. The zero-order valence-electron chi connectivity index (χ0n) is 11.1. The van der Waals surface area contributed by atoms with Crippen molar-refractivity contribution in [1.82, 2.24) is 0 Å². The van der Waals surface area contributed by atoms with Crippen LogP contribution in [0.15, 0.2) is 73.8 Å². The largest absolute Gasteiger partial charge is 0.103 e. The van der Waals surface area contributed by atoms with Crippen LogP contribution in [0.25, 0.3) is 11.1 Å². The Morgan fingerprint density at radius 3 is 1.58 bits per heavy atom. The van der Waals surface area contributed by atoms with Gasteiger partial charge in [-0.2, -0.15) is 0 Å². The zero-order valence-corrected chi connectivity index (χ0v) is 11.1. The molecular formula is C19H18. The average molecular weight is 246 g/mol. The van der Waals surface area contributed by atoms with Gasteiger partial charge in [-0.25, -0.2) is 0 Å². The molecule has 2 aromatic rings. The van der Waals surface area contributed by atoms with E-state index in [1.165, 1.54) is 22.3 Å². The monoisotopic (exact) mass is 246 g/mol. The lowest BCUT2D eigenvalue weighted by Crippen LogP contribution is -2.23. The first-order valence-electron chi connectivity index (χ1n) is 6.74.